The van der Waals surface area contributed by atoms with Crippen LogP contribution in [0.2, 0.25) is 0 Å². The van der Waals surface area contributed by atoms with Crippen molar-refractivity contribution in [2.45, 2.75) is 18.8 Å². The second-order valence-electron chi connectivity index (χ2n) is 6.08. The zero-order chi connectivity index (χ0) is 16.5. The van der Waals surface area contributed by atoms with Gasteiger partial charge in [0.1, 0.15) is 0 Å². The molecule has 3 aromatic rings. The SMILES string of the molecule is O=[N+]([O-])c1ccc2nc(N3CCC(c4ccccc4)CC3)sc2c1. The van der Waals surface area contributed by atoms with E-state index in [0.717, 1.165) is 41.3 Å². The number of non-ortho nitro benzene ring substituents is 1. The van der Waals surface area contributed by atoms with Crippen LogP contribution in [0, 0.1) is 10.1 Å². The monoisotopic (exact) mass is 339 g/mol. The number of aromatic nitrogens is 1. The molecule has 0 N–H and O–H groups in total. The number of hydrogen-bond donors (Lipinski definition) is 0. The Morgan fingerprint density at radius 3 is 2.58 bits per heavy atom. The van der Waals surface area contributed by atoms with Crippen molar-refractivity contribution in [1.82, 2.24) is 4.98 Å². The lowest BCUT2D eigenvalue weighted by Crippen LogP contribution is -2.32. The third-order valence-electron chi connectivity index (χ3n) is 4.61. The summed E-state index contributed by atoms with van der Waals surface area (Å²) < 4.78 is 0.879. The van der Waals surface area contributed by atoms with Crippen molar-refractivity contribution in [3.63, 3.8) is 0 Å². The summed E-state index contributed by atoms with van der Waals surface area (Å²) in [6.07, 6.45) is 2.22. The highest BCUT2D eigenvalue weighted by Gasteiger charge is 2.23. The van der Waals surface area contributed by atoms with Crippen molar-refractivity contribution in [1.29, 1.82) is 0 Å². The third kappa shape index (κ3) is 2.85. The number of piperidine rings is 1. The molecule has 4 rings (SSSR count). The first-order valence-electron chi connectivity index (χ1n) is 8.05. The third-order valence-corrected chi connectivity index (χ3v) is 5.69. The van der Waals surface area contributed by atoms with Gasteiger partial charge in [0.05, 0.1) is 15.1 Å². The topological polar surface area (TPSA) is 59.3 Å². The molecule has 1 aliphatic rings. The molecule has 0 bridgehead atoms. The Hall–Kier alpha value is -2.47. The molecule has 2 heterocycles. The van der Waals surface area contributed by atoms with E-state index in [0.29, 0.717) is 5.92 Å². The fraction of sp³-hybridized carbons (Fsp3) is 0.278. The molecular formula is C18H17N3O2S. The van der Waals surface area contributed by atoms with Crippen molar-refractivity contribution in [2.24, 2.45) is 0 Å². The van der Waals surface area contributed by atoms with E-state index in [1.54, 1.807) is 23.5 Å². The summed E-state index contributed by atoms with van der Waals surface area (Å²) in [7, 11) is 0. The van der Waals surface area contributed by atoms with E-state index >= 15 is 0 Å². The maximum atomic E-state index is 10.9. The molecule has 0 radical (unpaired) electrons. The molecule has 5 nitrogen and oxygen atoms in total. The average Bonchev–Trinajstić information content (AvgIpc) is 3.06. The number of fused-ring (bicyclic) bond motifs is 1. The highest BCUT2D eigenvalue weighted by molar-refractivity contribution is 7.22. The molecule has 1 fully saturated rings. The fourth-order valence-corrected chi connectivity index (χ4v) is 4.33. The molecule has 0 aliphatic carbocycles. The quantitative estimate of drug-likeness (QED) is 0.517. The van der Waals surface area contributed by atoms with E-state index < -0.39 is 0 Å². The first-order chi connectivity index (χ1) is 11.7. The van der Waals surface area contributed by atoms with Gasteiger partial charge in [-0.3, -0.25) is 10.1 Å². The minimum absolute atomic E-state index is 0.125. The lowest BCUT2D eigenvalue weighted by molar-refractivity contribution is -0.384. The Labute approximate surface area is 143 Å². The van der Waals surface area contributed by atoms with Gasteiger partial charge in [0.2, 0.25) is 0 Å². The average molecular weight is 339 g/mol. The van der Waals surface area contributed by atoms with Crippen LogP contribution in [0.15, 0.2) is 48.5 Å². The van der Waals surface area contributed by atoms with Crippen LogP contribution in [0.4, 0.5) is 10.8 Å². The van der Waals surface area contributed by atoms with Gasteiger partial charge >= 0.3 is 0 Å². The number of hydrogen-bond acceptors (Lipinski definition) is 5. The van der Waals surface area contributed by atoms with Crippen molar-refractivity contribution in [3.05, 3.63) is 64.2 Å². The zero-order valence-electron chi connectivity index (χ0n) is 13.1. The predicted octanol–water partition coefficient (Wildman–Crippen LogP) is 4.59. The number of nitro groups is 1. The molecule has 0 amide bonds. The van der Waals surface area contributed by atoms with Crippen molar-refractivity contribution >= 4 is 32.4 Å². The summed E-state index contributed by atoms with van der Waals surface area (Å²) in [5.74, 6) is 0.609. The van der Waals surface area contributed by atoms with Gasteiger partial charge < -0.3 is 4.90 Å². The standard InChI is InChI=1S/C18H17N3O2S/c22-21(23)15-6-7-16-17(12-15)24-18(19-16)20-10-8-14(9-11-20)13-4-2-1-3-5-13/h1-7,12,14H,8-11H2. The predicted molar refractivity (Wildman–Crippen MR) is 96.9 cm³/mol. The Morgan fingerprint density at radius 1 is 1.12 bits per heavy atom. The van der Waals surface area contributed by atoms with Gasteiger partial charge in [0.15, 0.2) is 5.13 Å². The van der Waals surface area contributed by atoms with Crippen LogP contribution in [0.1, 0.15) is 24.3 Å². The maximum absolute atomic E-state index is 10.9. The van der Waals surface area contributed by atoms with E-state index in [4.69, 9.17) is 0 Å². The second-order valence-corrected chi connectivity index (χ2v) is 7.09. The first-order valence-corrected chi connectivity index (χ1v) is 8.87. The summed E-state index contributed by atoms with van der Waals surface area (Å²) in [5, 5.41) is 11.9. The molecule has 0 saturated carbocycles. The molecule has 2 aromatic carbocycles. The number of nitrogens with zero attached hydrogens (tertiary/aromatic N) is 3. The van der Waals surface area contributed by atoms with E-state index in [1.807, 2.05) is 0 Å². The number of thiazole rings is 1. The summed E-state index contributed by atoms with van der Waals surface area (Å²) in [4.78, 5) is 17.5. The summed E-state index contributed by atoms with van der Waals surface area (Å²) in [5.41, 5.74) is 2.38. The van der Waals surface area contributed by atoms with Crippen LogP contribution in [-0.2, 0) is 0 Å². The molecule has 0 unspecified atom stereocenters. The van der Waals surface area contributed by atoms with Crippen LogP contribution < -0.4 is 4.90 Å². The van der Waals surface area contributed by atoms with E-state index in [2.05, 4.69) is 40.2 Å². The van der Waals surface area contributed by atoms with Gasteiger partial charge in [0, 0.05) is 25.2 Å². The number of anilines is 1. The lowest BCUT2D eigenvalue weighted by atomic mass is 9.90. The lowest BCUT2D eigenvalue weighted by Gasteiger charge is -2.31. The summed E-state index contributed by atoms with van der Waals surface area (Å²) in [6.45, 7) is 1.95. The van der Waals surface area contributed by atoms with Crippen LogP contribution in [0.25, 0.3) is 10.2 Å². The molecule has 122 valence electrons. The summed E-state index contributed by atoms with van der Waals surface area (Å²) in [6, 6.07) is 15.5. The Morgan fingerprint density at radius 2 is 1.88 bits per heavy atom. The van der Waals surface area contributed by atoms with Crippen LogP contribution >= 0.6 is 11.3 Å². The second kappa shape index (κ2) is 6.20. The normalized spacial score (nSPS) is 15.8. The van der Waals surface area contributed by atoms with Gasteiger partial charge in [-0.25, -0.2) is 4.98 Å². The molecule has 0 atom stereocenters. The van der Waals surface area contributed by atoms with Crippen molar-refractivity contribution in [3.8, 4) is 0 Å². The maximum Gasteiger partial charge on any atom is 0.270 e. The van der Waals surface area contributed by atoms with E-state index in [1.165, 1.54) is 11.6 Å². The van der Waals surface area contributed by atoms with Gasteiger partial charge in [-0.2, -0.15) is 0 Å². The highest BCUT2D eigenvalue weighted by atomic mass is 32.1. The van der Waals surface area contributed by atoms with Crippen molar-refractivity contribution < 1.29 is 4.92 Å². The van der Waals surface area contributed by atoms with E-state index in [9.17, 15) is 10.1 Å². The Kier molecular flexibility index (Phi) is 3.90. The first kappa shape index (κ1) is 15.1. The van der Waals surface area contributed by atoms with E-state index in [-0.39, 0.29) is 10.6 Å². The van der Waals surface area contributed by atoms with Crippen LogP contribution in [0.5, 0.6) is 0 Å². The number of benzene rings is 2. The van der Waals surface area contributed by atoms with Gasteiger partial charge in [0.25, 0.3) is 5.69 Å². The Balaban J connectivity index is 1.51. The molecule has 24 heavy (non-hydrogen) atoms. The van der Waals surface area contributed by atoms with Crippen LogP contribution in [-0.4, -0.2) is 23.0 Å². The minimum Gasteiger partial charge on any atom is -0.348 e. The number of rotatable bonds is 3. The fourth-order valence-electron chi connectivity index (χ4n) is 3.28. The summed E-state index contributed by atoms with van der Waals surface area (Å²) >= 11 is 1.54. The van der Waals surface area contributed by atoms with Crippen LogP contribution in [0.3, 0.4) is 0 Å². The van der Waals surface area contributed by atoms with Gasteiger partial charge in [-0.1, -0.05) is 41.7 Å². The molecule has 0 spiro atoms. The smallest absolute Gasteiger partial charge is 0.270 e. The van der Waals surface area contributed by atoms with Gasteiger partial charge in [-0.15, -0.1) is 0 Å². The molecule has 1 aliphatic heterocycles. The molecule has 1 saturated heterocycles. The van der Waals surface area contributed by atoms with Crippen molar-refractivity contribution in [2.75, 3.05) is 18.0 Å². The highest BCUT2D eigenvalue weighted by Crippen LogP contribution is 2.35. The molecule has 1 aromatic heterocycles. The number of nitro benzene ring substituents is 1. The minimum atomic E-state index is -0.357. The van der Waals surface area contributed by atoms with Gasteiger partial charge in [-0.05, 0) is 30.4 Å². The molecular weight excluding hydrogens is 322 g/mol. The molecule has 6 heteroatoms. The Bertz CT molecular complexity index is 870. The largest absolute Gasteiger partial charge is 0.348 e. The zero-order valence-corrected chi connectivity index (χ0v) is 13.9.